The van der Waals surface area contributed by atoms with Crippen molar-refractivity contribution in [3.63, 3.8) is 0 Å². The van der Waals surface area contributed by atoms with Crippen molar-refractivity contribution in [1.29, 1.82) is 0 Å². The first-order valence-electron chi connectivity index (χ1n) is 5.40. The number of ether oxygens (including phenoxy) is 1. The molecule has 0 unspecified atom stereocenters. The third kappa shape index (κ3) is 4.92. The van der Waals surface area contributed by atoms with E-state index < -0.39 is 7.12 Å². The molecule has 88 valence electrons. The Labute approximate surface area is 101 Å². The summed E-state index contributed by atoms with van der Waals surface area (Å²) in [6.45, 7) is 2.80. The Morgan fingerprint density at radius 1 is 1.31 bits per heavy atom. The summed E-state index contributed by atoms with van der Waals surface area (Å²) >= 11 is 1.86. The van der Waals surface area contributed by atoms with Gasteiger partial charge in [0.25, 0.3) is 0 Å². The van der Waals surface area contributed by atoms with Crippen molar-refractivity contribution in [3.05, 3.63) is 24.3 Å². The van der Waals surface area contributed by atoms with E-state index in [1.807, 2.05) is 17.8 Å². The second-order valence-corrected chi connectivity index (χ2v) is 4.63. The van der Waals surface area contributed by atoms with E-state index in [1.54, 1.807) is 18.2 Å². The highest BCUT2D eigenvalue weighted by atomic mass is 32.2. The number of rotatable bonds is 7. The molecule has 3 nitrogen and oxygen atoms in total. The first-order chi connectivity index (χ1) is 7.74. The lowest BCUT2D eigenvalue weighted by Crippen LogP contribution is -2.29. The molecule has 0 fully saturated rings. The standard InChI is InChI=1S/C11H17BO3S/c1-2-7-16-8-6-15-11-5-3-4-10(9-11)12(13)14/h3-5,9,13-14H,2,6-8H2,1H3. The number of benzene rings is 1. The van der Waals surface area contributed by atoms with Crippen LogP contribution in [0.5, 0.6) is 5.75 Å². The van der Waals surface area contributed by atoms with Gasteiger partial charge in [0, 0.05) is 5.75 Å². The van der Waals surface area contributed by atoms with E-state index in [-0.39, 0.29) is 0 Å². The van der Waals surface area contributed by atoms with Crippen molar-refractivity contribution in [3.8, 4) is 5.75 Å². The van der Waals surface area contributed by atoms with Crippen LogP contribution in [0.25, 0.3) is 0 Å². The molecule has 0 aliphatic rings. The van der Waals surface area contributed by atoms with Crippen LogP contribution in [0.3, 0.4) is 0 Å². The molecule has 0 aliphatic heterocycles. The van der Waals surface area contributed by atoms with Crippen LogP contribution < -0.4 is 10.2 Å². The lowest BCUT2D eigenvalue weighted by molar-refractivity contribution is 0.344. The van der Waals surface area contributed by atoms with Gasteiger partial charge in [-0.3, -0.25) is 0 Å². The highest BCUT2D eigenvalue weighted by Gasteiger charge is 2.10. The Kier molecular flexibility index (Phi) is 6.37. The fourth-order valence-electron chi connectivity index (χ4n) is 1.23. The summed E-state index contributed by atoms with van der Waals surface area (Å²) in [6.07, 6.45) is 1.18. The van der Waals surface area contributed by atoms with Crippen molar-refractivity contribution >= 4 is 24.3 Å². The number of hydrogen-bond donors (Lipinski definition) is 2. The van der Waals surface area contributed by atoms with Crippen LogP contribution in [0.4, 0.5) is 0 Å². The first kappa shape index (κ1) is 13.4. The van der Waals surface area contributed by atoms with Gasteiger partial charge in [-0.25, -0.2) is 0 Å². The van der Waals surface area contributed by atoms with Crippen molar-refractivity contribution in [2.45, 2.75) is 13.3 Å². The van der Waals surface area contributed by atoms with Gasteiger partial charge in [0.05, 0.1) is 6.61 Å². The van der Waals surface area contributed by atoms with Crippen LogP contribution in [0.15, 0.2) is 24.3 Å². The van der Waals surface area contributed by atoms with Crippen molar-refractivity contribution < 1.29 is 14.8 Å². The smallest absolute Gasteiger partial charge is 0.488 e. The molecule has 1 rings (SSSR count). The maximum Gasteiger partial charge on any atom is 0.488 e. The third-order valence-electron chi connectivity index (χ3n) is 2.00. The van der Waals surface area contributed by atoms with Gasteiger partial charge >= 0.3 is 7.12 Å². The Balaban J connectivity index is 2.33. The molecule has 0 spiro atoms. The fraction of sp³-hybridized carbons (Fsp3) is 0.455. The Morgan fingerprint density at radius 3 is 2.81 bits per heavy atom. The van der Waals surface area contributed by atoms with Crippen LogP contribution in [0, 0.1) is 0 Å². The van der Waals surface area contributed by atoms with Crippen molar-refractivity contribution in [1.82, 2.24) is 0 Å². The SMILES string of the molecule is CCCSCCOc1cccc(B(O)O)c1. The van der Waals surface area contributed by atoms with E-state index in [2.05, 4.69) is 6.92 Å². The van der Waals surface area contributed by atoms with Gasteiger partial charge in [0.15, 0.2) is 0 Å². The van der Waals surface area contributed by atoms with Gasteiger partial charge in [-0.05, 0) is 29.8 Å². The summed E-state index contributed by atoms with van der Waals surface area (Å²) in [7, 11) is -1.43. The zero-order valence-corrected chi connectivity index (χ0v) is 10.2. The summed E-state index contributed by atoms with van der Waals surface area (Å²) in [5, 5.41) is 18.0. The molecule has 0 atom stereocenters. The Morgan fingerprint density at radius 2 is 2.12 bits per heavy atom. The molecular formula is C11H17BO3S. The summed E-state index contributed by atoms with van der Waals surface area (Å²) < 4.78 is 5.50. The third-order valence-corrected chi connectivity index (χ3v) is 3.15. The summed E-state index contributed by atoms with van der Waals surface area (Å²) in [4.78, 5) is 0. The predicted molar refractivity (Wildman–Crippen MR) is 69.4 cm³/mol. The Hall–Kier alpha value is -0.645. The molecule has 0 radical (unpaired) electrons. The normalized spacial score (nSPS) is 10.2. The lowest BCUT2D eigenvalue weighted by Gasteiger charge is -2.07. The summed E-state index contributed by atoms with van der Waals surface area (Å²) in [5.74, 6) is 2.79. The molecule has 16 heavy (non-hydrogen) atoms. The van der Waals surface area contributed by atoms with E-state index in [0.29, 0.717) is 17.8 Å². The number of hydrogen-bond acceptors (Lipinski definition) is 4. The monoisotopic (exact) mass is 240 g/mol. The van der Waals surface area contributed by atoms with Gasteiger partial charge in [0.2, 0.25) is 0 Å². The van der Waals surface area contributed by atoms with E-state index in [9.17, 15) is 0 Å². The molecule has 0 heterocycles. The first-order valence-corrected chi connectivity index (χ1v) is 6.56. The minimum Gasteiger partial charge on any atom is -0.493 e. The molecule has 0 aromatic heterocycles. The van der Waals surface area contributed by atoms with Gasteiger partial charge in [-0.1, -0.05) is 19.1 Å². The molecule has 2 N–H and O–H groups in total. The Bertz CT molecular complexity index is 307. The molecular weight excluding hydrogens is 223 g/mol. The maximum absolute atomic E-state index is 8.99. The van der Waals surface area contributed by atoms with E-state index in [1.165, 1.54) is 6.42 Å². The molecule has 0 amide bonds. The average Bonchev–Trinajstić information content (AvgIpc) is 2.29. The molecule has 1 aromatic rings. The zero-order chi connectivity index (χ0) is 11.8. The minimum atomic E-state index is -1.43. The highest BCUT2D eigenvalue weighted by Crippen LogP contribution is 2.09. The fourth-order valence-corrected chi connectivity index (χ4v) is 1.92. The van der Waals surface area contributed by atoms with Gasteiger partial charge in [-0.2, -0.15) is 11.8 Å². The summed E-state index contributed by atoms with van der Waals surface area (Å²) in [6, 6.07) is 6.87. The van der Waals surface area contributed by atoms with Crippen LogP contribution in [-0.2, 0) is 0 Å². The lowest BCUT2D eigenvalue weighted by atomic mass is 9.80. The minimum absolute atomic E-state index is 0.457. The summed E-state index contributed by atoms with van der Waals surface area (Å²) in [5.41, 5.74) is 0.457. The molecule has 1 aromatic carbocycles. The topological polar surface area (TPSA) is 49.7 Å². The quantitative estimate of drug-likeness (QED) is 0.549. The van der Waals surface area contributed by atoms with Crippen molar-refractivity contribution in [2.75, 3.05) is 18.1 Å². The zero-order valence-electron chi connectivity index (χ0n) is 9.43. The largest absolute Gasteiger partial charge is 0.493 e. The van der Waals surface area contributed by atoms with Crippen molar-refractivity contribution in [2.24, 2.45) is 0 Å². The van der Waals surface area contributed by atoms with Crippen LogP contribution >= 0.6 is 11.8 Å². The number of thioether (sulfide) groups is 1. The highest BCUT2D eigenvalue weighted by molar-refractivity contribution is 7.99. The van der Waals surface area contributed by atoms with E-state index in [0.717, 1.165) is 11.5 Å². The van der Waals surface area contributed by atoms with Crippen LogP contribution in [-0.4, -0.2) is 35.3 Å². The van der Waals surface area contributed by atoms with Crippen LogP contribution in [0.1, 0.15) is 13.3 Å². The average molecular weight is 240 g/mol. The molecule has 0 saturated carbocycles. The van der Waals surface area contributed by atoms with E-state index >= 15 is 0 Å². The second-order valence-electron chi connectivity index (χ2n) is 3.41. The van der Waals surface area contributed by atoms with Crippen LogP contribution in [0.2, 0.25) is 0 Å². The van der Waals surface area contributed by atoms with Gasteiger partial charge < -0.3 is 14.8 Å². The maximum atomic E-state index is 8.99. The van der Waals surface area contributed by atoms with Gasteiger partial charge in [-0.15, -0.1) is 0 Å². The second kappa shape index (κ2) is 7.60. The molecule has 5 heteroatoms. The molecule has 0 bridgehead atoms. The van der Waals surface area contributed by atoms with E-state index in [4.69, 9.17) is 14.8 Å². The molecule has 0 saturated heterocycles. The predicted octanol–water partition coefficient (Wildman–Crippen LogP) is 0.888. The molecule has 0 aliphatic carbocycles. The van der Waals surface area contributed by atoms with Gasteiger partial charge in [0.1, 0.15) is 5.75 Å².